The van der Waals surface area contributed by atoms with Gasteiger partial charge in [0.15, 0.2) is 0 Å². The van der Waals surface area contributed by atoms with Crippen LogP contribution in [0.5, 0.6) is 0 Å². The largest absolute Gasteiger partial charge is 0.469 e. The molecule has 0 fully saturated rings. The fraction of sp³-hybridized carbons (Fsp3) is 0.308. The number of hydrogen-bond donors (Lipinski definition) is 0. The minimum absolute atomic E-state index is 0.0684. The van der Waals surface area contributed by atoms with E-state index in [1.807, 2.05) is 25.1 Å². The number of nitrogens with zero attached hydrogens (tertiary/aromatic N) is 1. The van der Waals surface area contributed by atoms with Crippen LogP contribution in [-0.4, -0.2) is 4.98 Å². The second kappa shape index (κ2) is 4.71. The summed E-state index contributed by atoms with van der Waals surface area (Å²) in [6.07, 6.45) is 5.26. The van der Waals surface area contributed by atoms with Crippen molar-refractivity contribution in [3.8, 4) is 0 Å². The van der Waals surface area contributed by atoms with Crippen molar-refractivity contribution in [3.63, 3.8) is 0 Å². The predicted octanol–water partition coefficient (Wildman–Crippen LogP) is 4.07. The third-order valence-corrected chi connectivity index (χ3v) is 3.48. The van der Waals surface area contributed by atoms with Gasteiger partial charge in [0, 0.05) is 23.9 Å². The fourth-order valence-electron chi connectivity index (χ4n) is 1.79. The first-order valence-electron chi connectivity index (χ1n) is 5.28. The van der Waals surface area contributed by atoms with Gasteiger partial charge < -0.3 is 4.42 Å². The van der Waals surface area contributed by atoms with Gasteiger partial charge in [0.1, 0.15) is 5.76 Å². The molecule has 0 aliphatic rings. The van der Waals surface area contributed by atoms with E-state index in [0.717, 1.165) is 11.3 Å². The lowest BCUT2D eigenvalue weighted by atomic mass is 9.94. The van der Waals surface area contributed by atoms with Crippen LogP contribution in [0.1, 0.15) is 35.1 Å². The fourth-order valence-corrected chi connectivity index (χ4v) is 2.16. The molecule has 0 aliphatic carbocycles. The molecule has 2 unspecified atom stereocenters. The van der Waals surface area contributed by atoms with E-state index in [1.165, 1.54) is 5.56 Å². The summed E-state index contributed by atoms with van der Waals surface area (Å²) in [6.45, 7) is 4.05. The summed E-state index contributed by atoms with van der Waals surface area (Å²) in [6, 6.07) is 5.93. The summed E-state index contributed by atoms with van der Waals surface area (Å²) in [5, 5.41) is -0.0684. The zero-order valence-electron chi connectivity index (χ0n) is 9.35. The van der Waals surface area contributed by atoms with Crippen molar-refractivity contribution in [2.24, 2.45) is 0 Å². The van der Waals surface area contributed by atoms with Crippen molar-refractivity contribution < 1.29 is 4.42 Å². The minimum atomic E-state index is -0.0684. The molecule has 2 atom stereocenters. The van der Waals surface area contributed by atoms with Crippen LogP contribution in [0.2, 0.25) is 0 Å². The van der Waals surface area contributed by atoms with Gasteiger partial charge in [0.25, 0.3) is 0 Å². The quantitative estimate of drug-likeness (QED) is 0.750. The monoisotopic (exact) mass is 235 g/mol. The van der Waals surface area contributed by atoms with E-state index in [4.69, 9.17) is 16.0 Å². The summed E-state index contributed by atoms with van der Waals surface area (Å²) in [4.78, 5) is 4.01. The van der Waals surface area contributed by atoms with E-state index < -0.39 is 0 Å². The second-order valence-electron chi connectivity index (χ2n) is 3.90. The van der Waals surface area contributed by atoms with Crippen molar-refractivity contribution in [1.29, 1.82) is 0 Å². The molecule has 0 saturated heterocycles. The molecule has 2 heterocycles. The first-order valence-corrected chi connectivity index (χ1v) is 5.71. The zero-order valence-corrected chi connectivity index (χ0v) is 10.1. The molecule has 2 aromatic heterocycles. The van der Waals surface area contributed by atoms with Crippen LogP contribution >= 0.6 is 11.6 Å². The molecule has 0 bridgehead atoms. The number of pyridine rings is 1. The molecule has 0 radical (unpaired) electrons. The lowest BCUT2D eigenvalue weighted by molar-refractivity contribution is 0.526. The van der Waals surface area contributed by atoms with Gasteiger partial charge in [-0.15, -0.1) is 11.6 Å². The maximum absolute atomic E-state index is 6.46. The second-order valence-corrected chi connectivity index (χ2v) is 4.37. The number of furan rings is 1. The van der Waals surface area contributed by atoms with Gasteiger partial charge in [-0.25, -0.2) is 0 Å². The zero-order chi connectivity index (χ0) is 11.5. The van der Waals surface area contributed by atoms with E-state index >= 15 is 0 Å². The van der Waals surface area contributed by atoms with E-state index in [-0.39, 0.29) is 11.3 Å². The van der Waals surface area contributed by atoms with Crippen LogP contribution in [0.25, 0.3) is 0 Å². The summed E-state index contributed by atoms with van der Waals surface area (Å²) in [5.41, 5.74) is 2.25. The topological polar surface area (TPSA) is 26.0 Å². The Morgan fingerprint density at radius 1 is 1.25 bits per heavy atom. The maximum Gasteiger partial charge on any atom is 0.105 e. The Balaban J connectivity index is 2.23. The molecule has 3 heteroatoms. The Hall–Kier alpha value is -1.28. The molecule has 0 N–H and O–H groups in total. The summed E-state index contributed by atoms with van der Waals surface area (Å²) < 4.78 is 5.27. The number of aromatic nitrogens is 1. The highest BCUT2D eigenvalue weighted by Gasteiger charge is 2.21. The van der Waals surface area contributed by atoms with E-state index in [0.29, 0.717) is 0 Å². The molecule has 0 aliphatic heterocycles. The van der Waals surface area contributed by atoms with Crippen molar-refractivity contribution in [1.82, 2.24) is 4.98 Å². The van der Waals surface area contributed by atoms with Gasteiger partial charge in [-0.1, -0.05) is 6.92 Å². The lowest BCUT2D eigenvalue weighted by Crippen LogP contribution is -2.02. The Morgan fingerprint density at radius 3 is 2.50 bits per heavy atom. The summed E-state index contributed by atoms with van der Waals surface area (Å²) >= 11 is 6.46. The highest BCUT2D eigenvalue weighted by atomic mass is 35.5. The molecule has 0 spiro atoms. The van der Waals surface area contributed by atoms with E-state index in [2.05, 4.69) is 11.9 Å². The van der Waals surface area contributed by atoms with Gasteiger partial charge in [0.05, 0.1) is 11.6 Å². The normalized spacial score (nSPS) is 14.7. The van der Waals surface area contributed by atoms with Crippen LogP contribution in [0.15, 0.2) is 41.3 Å². The SMILES string of the molecule is Cc1occc1C(Cl)C(C)c1ccncc1. The maximum atomic E-state index is 6.46. The standard InChI is InChI=1S/C13H14ClNO/c1-9(11-3-6-15-7-4-11)13(14)12-5-8-16-10(12)2/h3-9,13H,1-2H3. The first kappa shape index (κ1) is 11.2. The van der Waals surface area contributed by atoms with Crippen molar-refractivity contribution in [2.75, 3.05) is 0 Å². The summed E-state index contributed by atoms with van der Waals surface area (Å²) in [5.74, 6) is 1.13. The van der Waals surface area contributed by atoms with E-state index in [1.54, 1.807) is 18.7 Å². The third-order valence-electron chi connectivity index (χ3n) is 2.87. The number of aryl methyl sites for hydroxylation is 1. The van der Waals surface area contributed by atoms with Gasteiger partial charge >= 0.3 is 0 Å². The van der Waals surface area contributed by atoms with E-state index in [9.17, 15) is 0 Å². The molecule has 0 amide bonds. The molecule has 84 valence electrons. The van der Waals surface area contributed by atoms with Crippen molar-refractivity contribution in [2.45, 2.75) is 25.1 Å². The Morgan fingerprint density at radius 2 is 1.94 bits per heavy atom. The molecule has 0 saturated carbocycles. The van der Waals surface area contributed by atoms with Gasteiger partial charge in [-0.2, -0.15) is 0 Å². The molecule has 2 rings (SSSR count). The van der Waals surface area contributed by atoms with Crippen molar-refractivity contribution in [3.05, 3.63) is 53.7 Å². The predicted molar refractivity (Wildman–Crippen MR) is 64.7 cm³/mol. The van der Waals surface area contributed by atoms with Crippen LogP contribution < -0.4 is 0 Å². The Labute approximate surface area is 100 Å². The average molecular weight is 236 g/mol. The number of halogens is 1. The molecule has 2 aromatic rings. The third kappa shape index (κ3) is 2.12. The molecule has 0 aromatic carbocycles. The number of hydrogen-bond acceptors (Lipinski definition) is 2. The van der Waals surface area contributed by atoms with Crippen LogP contribution in [0, 0.1) is 6.92 Å². The number of alkyl halides is 1. The number of rotatable bonds is 3. The Kier molecular flexibility index (Phi) is 3.30. The van der Waals surface area contributed by atoms with Crippen LogP contribution in [0.3, 0.4) is 0 Å². The molecule has 2 nitrogen and oxygen atoms in total. The van der Waals surface area contributed by atoms with Gasteiger partial charge in [-0.05, 0) is 30.7 Å². The van der Waals surface area contributed by atoms with Gasteiger partial charge in [0.2, 0.25) is 0 Å². The summed E-state index contributed by atoms with van der Waals surface area (Å²) in [7, 11) is 0. The first-order chi connectivity index (χ1) is 7.70. The highest BCUT2D eigenvalue weighted by molar-refractivity contribution is 6.21. The van der Waals surface area contributed by atoms with Crippen LogP contribution in [-0.2, 0) is 0 Å². The van der Waals surface area contributed by atoms with Crippen molar-refractivity contribution >= 4 is 11.6 Å². The lowest BCUT2D eigenvalue weighted by Gasteiger charge is -2.17. The van der Waals surface area contributed by atoms with Crippen LogP contribution in [0.4, 0.5) is 0 Å². The smallest absolute Gasteiger partial charge is 0.105 e. The van der Waals surface area contributed by atoms with Gasteiger partial charge in [-0.3, -0.25) is 4.98 Å². The average Bonchev–Trinajstić information content (AvgIpc) is 2.75. The molecular formula is C13H14ClNO. The molecular weight excluding hydrogens is 222 g/mol. The molecule has 16 heavy (non-hydrogen) atoms. The highest BCUT2D eigenvalue weighted by Crippen LogP contribution is 2.37. The minimum Gasteiger partial charge on any atom is -0.469 e. The Bertz CT molecular complexity index is 452.